The number of aliphatic hydroxyl groups is 1. The van der Waals surface area contributed by atoms with Gasteiger partial charge < -0.3 is 19.8 Å². The lowest BCUT2D eigenvalue weighted by atomic mass is 9.70. The molecule has 0 aromatic rings. The number of likely N-dealkylation sites (N-methyl/N-ethyl adjacent to an activating group) is 1. The number of likely N-dealkylation sites (tertiary alicyclic amines) is 1. The van der Waals surface area contributed by atoms with Crippen molar-refractivity contribution < 1.29 is 19.5 Å². The van der Waals surface area contributed by atoms with Crippen LogP contribution in [0, 0.1) is 17.8 Å². The van der Waals surface area contributed by atoms with E-state index in [9.17, 15) is 19.5 Å². The molecule has 1 N–H and O–H groups in total. The molecule has 6 atom stereocenters. The standard InChI is InChI=1S/C27H43N3O4S/c1-9-13-28(8)23(32)20-19-11-12-27(35-19)21(20)24(33)30(18(16-31)15-17(3)4)22(27)25(34)29(14-10-2)26(5,6)7/h9-10,17-22,31H,1-2,11-16H2,3-8H3/t18-,19+,20-,21+,22?,27?/m1/s1. The second kappa shape index (κ2) is 10.3. The molecule has 7 nitrogen and oxygen atoms in total. The smallest absolute Gasteiger partial charge is 0.247 e. The van der Waals surface area contributed by atoms with Gasteiger partial charge in [0.15, 0.2) is 0 Å². The Morgan fingerprint density at radius 1 is 1.23 bits per heavy atom. The van der Waals surface area contributed by atoms with Crippen molar-refractivity contribution in [3.05, 3.63) is 25.3 Å². The first-order chi connectivity index (χ1) is 16.3. The summed E-state index contributed by atoms with van der Waals surface area (Å²) in [6.07, 6.45) is 5.51. The molecule has 0 aromatic heterocycles. The number of nitrogens with zero attached hydrogens (tertiary/aromatic N) is 3. The van der Waals surface area contributed by atoms with Crippen LogP contribution in [-0.4, -0.2) is 91.9 Å². The minimum atomic E-state index is -0.715. The quantitative estimate of drug-likeness (QED) is 0.462. The summed E-state index contributed by atoms with van der Waals surface area (Å²) in [5, 5.41) is 10.4. The third kappa shape index (κ3) is 4.68. The average molecular weight is 506 g/mol. The third-order valence-corrected chi connectivity index (χ3v) is 9.72. The Hall–Kier alpha value is -1.80. The van der Waals surface area contributed by atoms with Gasteiger partial charge in [-0.3, -0.25) is 14.4 Å². The number of carbonyl (C=O) groups is 3. The molecule has 0 aromatic carbocycles. The molecule has 0 saturated carbocycles. The van der Waals surface area contributed by atoms with Gasteiger partial charge in [0.2, 0.25) is 17.7 Å². The monoisotopic (exact) mass is 505 g/mol. The average Bonchev–Trinajstić information content (AvgIpc) is 3.41. The van der Waals surface area contributed by atoms with Crippen molar-refractivity contribution in [2.24, 2.45) is 17.8 Å². The van der Waals surface area contributed by atoms with E-state index in [2.05, 4.69) is 27.0 Å². The molecule has 3 rings (SSSR count). The maximum absolute atomic E-state index is 14.4. The van der Waals surface area contributed by atoms with Gasteiger partial charge in [-0.2, -0.15) is 0 Å². The minimum Gasteiger partial charge on any atom is -0.394 e. The van der Waals surface area contributed by atoms with E-state index < -0.39 is 34.2 Å². The van der Waals surface area contributed by atoms with Gasteiger partial charge in [0.1, 0.15) is 6.04 Å². The van der Waals surface area contributed by atoms with Crippen LogP contribution in [-0.2, 0) is 14.4 Å². The molecule has 8 heteroatoms. The van der Waals surface area contributed by atoms with Crippen molar-refractivity contribution in [1.29, 1.82) is 0 Å². The van der Waals surface area contributed by atoms with Crippen molar-refractivity contribution in [3.8, 4) is 0 Å². The fraction of sp³-hybridized carbons (Fsp3) is 0.741. The highest BCUT2D eigenvalue weighted by Crippen LogP contribution is 2.67. The number of thioether (sulfide) groups is 1. The van der Waals surface area contributed by atoms with Gasteiger partial charge in [-0.25, -0.2) is 0 Å². The first kappa shape index (κ1) is 27.8. The summed E-state index contributed by atoms with van der Waals surface area (Å²) in [5.41, 5.74) is -0.470. The van der Waals surface area contributed by atoms with Gasteiger partial charge in [-0.15, -0.1) is 24.9 Å². The van der Waals surface area contributed by atoms with E-state index in [4.69, 9.17) is 0 Å². The highest BCUT2D eigenvalue weighted by atomic mass is 32.2. The van der Waals surface area contributed by atoms with Crippen molar-refractivity contribution in [2.45, 2.75) is 81.5 Å². The molecule has 0 radical (unpaired) electrons. The molecule has 2 unspecified atom stereocenters. The number of hydrogen-bond donors (Lipinski definition) is 1. The van der Waals surface area contributed by atoms with Crippen molar-refractivity contribution in [1.82, 2.24) is 14.7 Å². The van der Waals surface area contributed by atoms with Gasteiger partial charge in [0.05, 0.1) is 29.2 Å². The molecule has 3 heterocycles. The maximum Gasteiger partial charge on any atom is 0.247 e. The highest BCUT2D eigenvalue weighted by molar-refractivity contribution is 8.02. The summed E-state index contributed by atoms with van der Waals surface area (Å²) in [5.74, 6) is -1.12. The first-order valence-corrected chi connectivity index (χ1v) is 13.6. The number of amides is 3. The lowest BCUT2D eigenvalue weighted by Crippen LogP contribution is -2.60. The van der Waals surface area contributed by atoms with Crippen LogP contribution in [0.4, 0.5) is 0 Å². The first-order valence-electron chi connectivity index (χ1n) is 12.7. The number of aliphatic hydroxyl groups excluding tert-OH is 1. The highest BCUT2D eigenvalue weighted by Gasteiger charge is 2.74. The Morgan fingerprint density at radius 2 is 1.86 bits per heavy atom. The molecule has 3 aliphatic rings. The van der Waals surface area contributed by atoms with Crippen LogP contribution in [0.3, 0.4) is 0 Å². The molecule has 3 saturated heterocycles. The Balaban J connectivity index is 2.13. The Morgan fingerprint density at radius 3 is 2.37 bits per heavy atom. The number of rotatable bonds is 10. The second-order valence-electron chi connectivity index (χ2n) is 11.7. The largest absolute Gasteiger partial charge is 0.394 e. The molecule has 1 spiro atoms. The van der Waals surface area contributed by atoms with Crippen LogP contribution in [0.15, 0.2) is 25.3 Å². The SMILES string of the molecule is C=CCN(C)C(=O)[C@@H]1[C@@H]2CCC3(S2)C(C(=O)N(CC=C)C(C)(C)C)N([C@@H](CO)CC(C)C)C(=O)[C@H]13. The van der Waals surface area contributed by atoms with E-state index in [1.807, 2.05) is 20.8 Å². The van der Waals surface area contributed by atoms with Crippen molar-refractivity contribution >= 4 is 29.5 Å². The van der Waals surface area contributed by atoms with Gasteiger partial charge in [0.25, 0.3) is 0 Å². The fourth-order valence-corrected chi connectivity index (χ4v) is 8.57. The predicted octanol–water partition coefficient (Wildman–Crippen LogP) is 2.94. The molecule has 3 amide bonds. The number of carbonyl (C=O) groups excluding carboxylic acids is 3. The van der Waals surface area contributed by atoms with Crippen LogP contribution in [0.2, 0.25) is 0 Å². The van der Waals surface area contributed by atoms with Gasteiger partial charge in [-0.05, 0) is 46.0 Å². The van der Waals surface area contributed by atoms with Gasteiger partial charge in [-0.1, -0.05) is 26.0 Å². The van der Waals surface area contributed by atoms with Gasteiger partial charge in [0, 0.05) is 30.9 Å². The lowest BCUT2D eigenvalue weighted by molar-refractivity contribution is -0.149. The summed E-state index contributed by atoms with van der Waals surface area (Å²) < 4.78 is -0.663. The molecule has 0 aliphatic carbocycles. The Bertz CT molecular complexity index is 869. The third-order valence-electron chi connectivity index (χ3n) is 7.77. The van der Waals surface area contributed by atoms with Gasteiger partial charge >= 0.3 is 0 Å². The molecular weight excluding hydrogens is 462 g/mol. The maximum atomic E-state index is 14.4. The number of fused-ring (bicyclic) bond motifs is 1. The van der Waals surface area contributed by atoms with Crippen LogP contribution in [0.25, 0.3) is 0 Å². The summed E-state index contributed by atoms with van der Waals surface area (Å²) in [7, 11) is 1.74. The summed E-state index contributed by atoms with van der Waals surface area (Å²) >= 11 is 1.67. The molecule has 3 fully saturated rings. The molecule has 2 bridgehead atoms. The van der Waals surface area contributed by atoms with Crippen LogP contribution in [0.5, 0.6) is 0 Å². The lowest BCUT2D eigenvalue weighted by Gasteiger charge is -2.43. The minimum absolute atomic E-state index is 0.0151. The zero-order valence-corrected chi connectivity index (χ0v) is 23.0. The van der Waals surface area contributed by atoms with Crippen LogP contribution in [0.1, 0.15) is 53.9 Å². The Kier molecular flexibility index (Phi) is 8.17. The fourth-order valence-electron chi connectivity index (χ4n) is 6.37. The van der Waals surface area contributed by atoms with Crippen molar-refractivity contribution in [3.63, 3.8) is 0 Å². The topological polar surface area (TPSA) is 81.2 Å². The zero-order valence-electron chi connectivity index (χ0n) is 22.2. The predicted molar refractivity (Wildman–Crippen MR) is 141 cm³/mol. The van der Waals surface area contributed by atoms with E-state index >= 15 is 0 Å². The zero-order chi connectivity index (χ0) is 26.3. The normalized spacial score (nSPS) is 30.4. The molecule has 196 valence electrons. The number of hydrogen-bond acceptors (Lipinski definition) is 5. The van der Waals surface area contributed by atoms with E-state index in [0.717, 1.165) is 6.42 Å². The van der Waals surface area contributed by atoms with Crippen molar-refractivity contribution in [2.75, 3.05) is 26.7 Å². The summed E-state index contributed by atoms with van der Waals surface area (Å²) in [6.45, 7) is 18.2. The molecule has 3 aliphatic heterocycles. The van der Waals surface area contributed by atoms with Crippen LogP contribution < -0.4 is 0 Å². The second-order valence-corrected chi connectivity index (χ2v) is 13.3. The van der Waals surface area contributed by atoms with E-state index in [0.29, 0.717) is 25.9 Å². The van der Waals surface area contributed by atoms with E-state index in [1.54, 1.807) is 45.7 Å². The summed E-state index contributed by atoms with van der Waals surface area (Å²) in [6, 6.07) is -1.18. The Labute approximate surface area is 215 Å². The molecule has 35 heavy (non-hydrogen) atoms. The van der Waals surface area contributed by atoms with E-state index in [1.165, 1.54) is 0 Å². The summed E-state index contributed by atoms with van der Waals surface area (Å²) in [4.78, 5) is 47.2. The molecular formula is C27H43N3O4S. The van der Waals surface area contributed by atoms with Crippen LogP contribution >= 0.6 is 11.8 Å². The van der Waals surface area contributed by atoms with E-state index in [-0.39, 0.29) is 35.5 Å².